The smallest absolute Gasteiger partial charge is 0.321 e. The molecule has 16 heavy (non-hydrogen) atoms. The third-order valence-electron chi connectivity index (χ3n) is 2.65. The number of rotatable bonds is 3. The third-order valence-corrected chi connectivity index (χ3v) is 3.94. The average Bonchev–Trinajstić information content (AvgIpc) is 2.65. The Labute approximate surface area is 105 Å². The highest BCUT2D eigenvalue weighted by Crippen LogP contribution is 2.27. The second kappa shape index (κ2) is 6.35. The summed E-state index contributed by atoms with van der Waals surface area (Å²) in [5.74, 6) is -0.460. The Balaban J connectivity index is 2.27. The number of thioether (sulfide) groups is 1. The molecule has 3 atom stereocenters. The number of hydrogen-bond acceptors (Lipinski definition) is 3. The quantitative estimate of drug-likeness (QED) is 0.764. The molecule has 1 fully saturated rings. The summed E-state index contributed by atoms with van der Waals surface area (Å²) in [6, 6.07) is -0.264. The van der Waals surface area contributed by atoms with E-state index in [1.807, 2.05) is 11.8 Å². The van der Waals surface area contributed by atoms with Crippen LogP contribution < -0.4 is 10.6 Å². The van der Waals surface area contributed by atoms with E-state index >= 15 is 0 Å². The second-order valence-corrected chi connectivity index (χ2v) is 5.74. The Bertz CT molecular complexity index is 274. The van der Waals surface area contributed by atoms with Gasteiger partial charge in [0.1, 0.15) is 5.38 Å². The highest BCUT2D eigenvalue weighted by molar-refractivity contribution is 7.99. The van der Waals surface area contributed by atoms with Gasteiger partial charge in [0.2, 0.25) is 5.91 Å². The molecule has 3 unspecified atom stereocenters. The summed E-state index contributed by atoms with van der Waals surface area (Å²) in [4.78, 5) is 22.5. The number of hydrogen-bond donors (Lipinski definition) is 2. The minimum atomic E-state index is -0.687. The van der Waals surface area contributed by atoms with E-state index in [1.54, 1.807) is 0 Å². The van der Waals surface area contributed by atoms with E-state index in [9.17, 15) is 9.59 Å². The summed E-state index contributed by atoms with van der Waals surface area (Å²) in [6.45, 7) is 1.53. The van der Waals surface area contributed by atoms with E-state index in [4.69, 9.17) is 11.6 Å². The maximum Gasteiger partial charge on any atom is 0.321 e. The lowest BCUT2D eigenvalue weighted by atomic mass is 10.2. The molecule has 0 bridgehead atoms. The van der Waals surface area contributed by atoms with Gasteiger partial charge in [-0.2, -0.15) is 11.8 Å². The van der Waals surface area contributed by atoms with Crippen LogP contribution in [0.2, 0.25) is 0 Å². The van der Waals surface area contributed by atoms with E-state index in [2.05, 4.69) is 16.9 Å². The normalized spacial score (nSPS) is 26.2. The molecule has 1 aliphatic carbocycles. The predicted molar refractivity (Wildman–Crippen MR) is 66.9 cm³/mol. The van der Waals surface area contributed by atoms with Crippen molar-refractivity contribution < 1.29 is 9.59 Å². The van der Waals surface area contributed by atoms with Crippen molar-refractivity contribution in [2.45, 2.75) is 42.9 Å². The number of alkyl halides is 1. The Kier molecular flexibility index (Phi) is 5.41. The topological polar surface area (TPSA) is 58.2 Å². The highest BCUT2D eigenvalue weighted by atomic mass is 35.5. The molecule has 1 saturated carbocycles. The van der Waals surface area contributed by atoms with Crippen LogP contribution >= 0.6 is 23.4 Å². The standard InChI is InChI=1S/C10H17ClN2O2S/c1-6(11)9(14)13-10(15)12-7-3-4-8(5-7)16-2/h6-8H,3-5H2,1-2H3,(H2,12,13,14,15). The van der Waals surface area contributed by atoms with Crippen molar-refractivity contribution in [3.8, 4) is 0 Å². The first-order valence-electron chi connectivity index (χ1n) is 5.31. The lowest BCUT2D eigenvalue weighted by Gasteiger charge is -2.13. The van der Waals surface area contributed by atoms with Crippen LogP contribution in [0.1, 0.15) is 26.2 Å². The number of amides is 3. The van der Waals surface area contributed by atoms with Crippen LogP contribution in [0.3, 0.4) is 0 Å². The Morgan fingerprint density at radius 3 is 2.62 bits per heavy atom. The number of urea groups is 1. The molecule has 6 heteroatoms. The van der Waals surface area contributed by atoms with E-state index < -0.39 is 17.3 Å². The van der Waals surface area contributed by atoms with Crippen molar-refractivity contribution in [1.29, 1.82) is 0 Å². The Morgan fingerprint density at radius 2 is 2.12 bits per heavy atom. The molecular formula is C10H17ClN2O2S. The van der Waals surface area contributed by atoms with E-state index in [1.165, 1.54) is 6.92 Å². The first kappa shape index (κ1) is 13.6. The maximum atomic E-state index is 11.4. The predicted octanol–water partition coefficient (Wildman–Crippen LogP) is 1.72. The van der Waals surface area contributed by atoms with Crippen LogP contribution in [-0.4, -0.2) is 34.9 Å². The van der Waals surface area contributed by atoms with Gasteiger partial charge in [0.25, 0.3) is 0 Å². The van der Waals surface area contributed by atoms with Gasteiger partial charge in [0, 0.05) is 11.3 Å². The molecule has 0 radical (unpaired) electrons. The zero-order valence-corrected chi connectivity index (χ0v) is 11.0. The van der Waals surface area contributed by atoms with Gasteiger partial charge in [-0.25, -0.2) is 4.79 Å². The molecule has 1 aliphatic rings. The summed E-state index contributed by atoms with van der Waals surface area (Å²) in [6.07, 6.45) is 5.14. The molecule has 0 aliphatic heterocycles. The molecule has 0 aromatic rings. The number of halogens is 1. The van der Waals surface area contributed by atoms with Crippen LogP contribution in [0.4, 0.5) is 4.79 Å². The first-order chi connectivity index (χ1) is 7.52. The van der Waals surface area contributed by atoms with E-state index in [-0.39, 0.29) is 6.04 Å². The first-order valence-corrected chi connectivity index (χ1v) is 7.03. The van der Waals surface area contributed by atoms with Crippen molar-refractivity contribution in [3.05, 3.63) is 0 Å². The number of imide groups is 1. The molecule has 0 aromatic carbocycles. The molecule has 0 aromatic heterocycles. The number of carbonyl (C=O) groups excluding carboxylic acids is 2. The van der Waals surface area contributed by atoms with Crippen molar-refractivity contribution >= 4 is 35.3 Å². The summed E-state index contributed by atoms with van der Waals surface area (Å²) in [5, 5.41) is 4.93. The summed E-state index contributed by atoms with van der Waals surface area (Å²) in [5.41, 5.74) is 0. The van der Waals surface area contributed by atoms with Crippen molar-refractivity contribution in [2.75, 3.05) is 6.26 Å². The van der Waals surface area contributed by atoms with Gasteiger partial charge < -0.3 is 5.32 Å². The second-order valence-electron chi connectivity index (χ2n) is 3.95. The van der Waals surface area contributed by atoms with Crippen LogP contribution in [0.25, 0.3) is 0 Å². The Hall–Kier alpha value is -0.420. The largest absolute Gasteiger partial charge is 0.335 e. The fourth-order valence-corrected chi connectivity index (χ4v) is 2.57. The average molecular weight is 265 g/mol. The zero-order chi connectivity index (χ0) is 12.1. The lowest BCUT2D eigenvalue weighted by molar-refractivity contribution is -0.119. The van der Waals surface area contributed by atoms with E-state index in [0.29, 0.717) is 5.25 Å². The van der Waals surface area contributed by atoms with Crippen molar-refractivity contribution in [1.82, 2.24) is 10.6 Å². The fraction of sp³-hybridized carbons (Fsp3) is 0.800. The highest BCUT2D eigenvalue weighted by Gasteiger charge is 2.25. The summed E-state index contributed by atoms with van der Waals surface area (Å²) >= 11 is 7.36. The SMILES string of the molecule is CSC1CCC(NC(=O)NC(=O)C(C)Cl)C1. The van der Waals surface area contributed by atoms with Crippen molar-refractivity contribution in [2.24, 2.45) is 0 Å². The third kappa shape index (κ3) is 4.22. The van der Waals surface area contributed by atoms with Crippen molar-refractivity contribution in [3.63, 3.8) is 0 Å². The Morgan fingerprint density at radius 1 is 1.44 bits per heavy atom. The molecule has 0 heterocycles. The molecule has 2 N–H and O–H groups in total. The molecule has 4 nitrogen and oxygen atoms in total. The van der Waals surface area contributed by atoms with Gasteiger partial charge in [-0.3, -0.25) is 10.1 Å². The molecule has 1 rings (SSSR count). The lowest BCUT2D eigenvalue weighted by Crippen LogP contribution is -2.45. The van der Waals surface area contributed by atoms with Gasteiger partial charge in [0.15, 0.2) is 0 Å². The molecule has 0 spiro atoms. The maximum absolute atomic E-state index is 11.4. The van der Waals surface area contributed by atoms with Gasteiger partial charge >= 0.3 is 6.03 Å². The monoisotopic (exact) mass is 264 g/mol. The molecule has 92 valence electrons. The molecule has 0 saturated heterocycles. The minimum absolute atomic E-state index is 0.177. The number of carbonyl (C=O) groups is 2. The molecule has 3 amide bonds. The zero-order valence-electron chi connectivity index (χ0n) is 9.46. The van der Waals surface area contributed by atoms with Crippen LogP contribution in [-0.2, 0) is 4.79 Å². The van der Waals surface area contributed by atoms with Crippen LogP contribution in [0.5, 0.6) is 0 Å². The molecular weight excluding hydrogens is 248 g/mol. The summed E-state index contributed by atoms with van der Waals surface area (Å²) < 4.78 is 0. The van der Waals surface area contributed by atoms with Gasteiger partial charge in [0.05, 0.1) is 0 Å². The fourth-order valence-electron chi connectivity index (χ4n) is 1.72. The minimum Gasteiger partial charge on any atom is -0.335 e. The van der Waals surface area contributed by atoms with E-state index in [0.717, 1.165) is 19.3 Å². The van der Waals surface area contributed by atoms with Gasteiger partial charge in [-0.1, -0.05) is 0 Å². The van der Waals surface area contributed by atoms with Gasteiger partial charge in [-0.05, 0) is 32.4 Å². The van der Waals surface area contributed by atoms with Gasteiger partial charge in [-0.15, -0.1) is 11.6 Å². The number of nitrogens with one attached hydrogen (secondary N) is 2. The summed E-state index contributed by atoms with van der Waals surface area (Å²) in [7, 11) is 0. The van der Waals surface area contributed by atoms with Crippen LogP contribution in [0, 0.1) is 0 Å². The van der Waals surface area contributed by atoms with Crippen LogP contribution in [0.15, 0.2) is 0 Å².